The second-order valence-electron chi connectivity index (χ2n) is 2.36. The Morgan fingerprint density at radius 3 is 3.30 bits per heavy atom. The zero-order valence-electron chi connectivity index (χ0n) is 5.62. The van der Waals surface area contributed by atoms with Crippen molar-refractivity contribution < 1.29 is 4.84 Å². The zero-order chi connectivity index (χ0) is 6.81. The Hall–Kier alpha value is -0.220. The molecule has 1 fully saturated rings. The molecule has 2 aliphatic rings. The van der Waals surface area contributed by atoms with E-state index in [1.54, 1.807) is 0 Å². The molecule has 0 spiro atoms. The van der Waals surface area contributed by atoms with Gasteiger partial charge < -0.3 is 4.84 Å². The monoisotopic (exact) mass is 157 g/mol. The summed E-state index contributed by atoms with van der Waals surface area (Å²) >= 11 is 1.87. The lowest BCUT2D eigenvalue weighted by atomic mass is 10.3. The van der Waals surface area contributed by atoms with Crippen LogP contribution in [0.2, 0.25) is 0 Å². The van der Waals surface area contributed by atoms with Crippen molar-refractivity contribution in [3.05, 3.63) is 0 Å². The van der Waals surface area contributed by atoms with Crippen molar-refractivity contribution in [2.24, 2.45) is 5.16 Å². The molecule has 0 amide bonds. The van der Waals surface area contributed by atoms with Gasteiger partial charge in [-0.25, -0.2) is 4.31 Å². The summed E-state index contributed by atoms with van der Waals surface area (Å²) in [5.41, 5.74) is 0. The molecule has 10 heavy (non-hydrogen) atoms. The lowest BCUT2D eigenvalue weighted by Gasteiger charge is -2.15. The fourth-order valence-electron chi connectivity index (χ4n) is 1.10. The molecule has 3 nitrogen and oxygen atoms in total. The van der Waals surface area contributed by atoms with E-state index in [0.717, 1.165) is 6.54 Å². The highest BCUT2D eigenvalue weighted by molar-refractivity contribution is 7.97. The van der Waals surface area contributed by atoms with Crippen molar-refractivity contribution in [2.75, 3.05) is 18.9 Å². The molecule has 0 aromatic rings. The van der Waals surface area contributed by atoms with Gasteiger partial charge in [-0.05, 0) is 6.42 Å². The van der Waals surface area contributed by atoms with Crippen molar-refractivity contribution in [1.82, 2.24) is 4.31 Å². The third-order valence-corrected chi connectivity index (χ3v) is 2.87. The second-order valence-corrected chi connectivity index (χ2v) is 3.49. The smallest absolute Gasteiger partial charge is 0.139 e. The first-order valence-electron chi connectivity index (χ1n) is 3.44. The average molecular weight is 157 g/mol. The highest BCUT2D eigenvalue weighted by Gasteiger charge is 2.25. The number of hydrogen-bond acceptors (Lipinski definition) is 4. The van der Waals surface area contributed by atoms with E-state index in [0.29, 0.717) is 12.6 Å². The van der Waals surface area contributed by atoms with Gasteiger partial charge in [-0.15, -0.1) is 0 Å². The van der Waals surface area contributed by atoms with Gasteiger partial charge in [-0.3, -0.25) is 0 Å². The van der Waals surface area contributed by atoms with E-state index < -0.39 is 0 Å². The molecule has 0 N–H and O–H groups in total. The Morgan fingerprint density at radius 2 is 2.70 bits per heavy atom. The van der Waals surface area contributed by atoms with Crippen LogP contribution in [0, 0.1) is 0 Å². The van der Waals surface area contributed by atoms with Crippen LogP contribution in [0.1, 0.15) is 6.42 Å². The van der Waals surface area contributed by atoms with Gasteiger partial charge in [0.2, 0.25) is 0 Å². The minimum atomic E-state index is 0.312. The first-order valence-corrected chi connectivity index (χ1v) is 4.38. The predicted molar refractivity (Wildman–Crippen MR) is 41.0 cm³/mol. The summed E-state index contributed by atoms with van der Waals surface area (Å²) in [5.74, 6) is 1.23. The van der Waals surface area contributed by atoms with E-state index in [1.165, 1.54) is 12.2 Å². The van der Waals surface area contributed by atoms with Crippen molar-refractivity contribution in [3.8, 4) is 0 Å². The summed E-state index contributed by atoms with van der Waals surface area (Å²) in [7, 11) is 0. The predicted octanol–water partition coefficient (Wildman–Crippen LogP) is 0.602. The lowest BCUT2D eigenvalue weighted by molar-refractivity contribution is 0.149. The molecule has 1 unspecified atom stereocenters. The third-order valence-electron chi connectivity index (χ3n) is 1.63. The van der Waals surface area contributed by atoms with E-state index in [1.807, 2.05) is 11.9 Å². The SMILES string of the molecule is [C]1=NOCC1N1CCCS1. The lowest BCUT2D eigenvalue weighted by Crippen LogP contribution is -2.29. The van der Waals surface area contributed by atoms with Crippen molar-refractivity contribution in [2.45, 2.75) is 12.5 Å². The number of rotatable bonds is 1. The Kier molecular flexibility index (Phi) is 1.82. The van der Waals surface area contributed by atoms with Crippen LogP contribution in [-0.2, 0) is 4.84 Å². The zero-order valence-corrected chi connectivity index (χ0v) is 6.43. The Bertz CT molecular complexity index is 145. The standard InChI is InChI=1S/C6H9N2OS/c1-2-8(10-3-1)6-4-7-9-5-6/h6H,1-3,5H2. The quantitative estimate of drug-likeness (QED) is 0.521. The van der Waals surface area contributed by atoms with Crippen LogP contribution in [-0.4, -0.2) is 35.5 Å². The van der Waals surface area contributed by atoms with Crippen LogP contribution in [0.5, 0.6) is 0 Å². The molecular formula is C6H9N2OS. The molecule has 2 aliphatic heterocycles. The van der Waals surface area contributed by atoms with Gasteiger partial charge in [-0.2, -0.15) is 0 Å². The molecular weight excluding hydrogens is 148 g/mol. The first kappa shape index (κ1) is 6.49. The molecule has 2 rings (SSSR count). The number of nitrogens with zero attached hydrogens (tertiary/aromatic N) is 2. The van der Waals surface area contributed by atoms with E-state index >= 15 is 0 Å². The topological polar surface area (TPSA) is 24.8 Å². The van der Waals surface area contributed by atoms with Gasteiger partial charge in [0.15, 0.2) is 0 Å². The molecule has 2 heterocycles. The minimum Gasteiger partial charge on any atom is -0.393 e. The van der Waals surface area contributed by atoms with Crippen LogP contribution in [0.15, 0.2) is 5.16 Å². The molecule has 0 bridgehead atoms. The number of hydrogen-bond donors (Lipinski definition) is 0. The summed E-state index contributed by atoms with van der Waals surface area (Å²) in [5, 5.41) is 3.60. The van der Waals surface area contributed by atoms with Crippen molar-refractivity contribution in [3.63, 3.8) is 0 Å². The van der Waals surface area contributed by atoms with E-state index in [4.69, 9.17) is 4.84 Å². The molecule has 1 saturated heterocycles. The maximum absolute atomic E-state index is 4.83. The summed E-state index contributed by atoms with van der Waals surface area (Å²) in [6, 6.07) is 0.312. The minimum absolute atomic E-state index is 0.312. The summed E-state index contributed by atoms with van der Waals surface area (Å²) in [4.78, 5) is 4.83. The highest BCUT2D eigenvalue weighted by Crippen LogP contribution is 2.23. The summed E-state index contributed by atoms with van der Waals surface area (Å²) in [6.45, 7) is 1.84. The molecule has 0 aromatic heterocycles. The van der Waals surface area contributed by atoms with E-state index in [9.17, 15) is 0 Å². The van der Waals surface area contributed by atoms with Gasteiger partial charge >= 0.3 is 0 Å². The van der Waals surface area contributed by atoms with Crippen LogP contribution >= 0.6 is 11.9 Å². The third kappa shape index (κ3) is 1.13. The second kappa shape index (κ2) is 2.80. The van der Waals surface area contributed by atoms with Crippen LogP contribution < -0.4 is 0 Å². The normalized spacial score (nSPS) is 33.0. The van der Waals surface area contributed by atoms with Gasteiger partial charge in [0.25, 0.3) is 0 Å². The molecule has 0 aliphatic carbocycles. The van der Waals surface area contributed by atoms with Crippen LogP contribution in [0.4, 0.5) is 0 Å². The Morgan fingerprint density at radius 1 is 1.70 bits per heavy atom. The average Bonchev–Trinajstić information content (AvgIpc) is 2.59. The maximum Gasteiger partial charge on any atom is 0.139 e. The maximum atomic E-state index is 4.83. The molecule has 4 heteroatoms. The van der Waals surface area contributed by atoms with E-state index in [2.05, 4.69) is 15.7 Å². The largest absolute Gasteiger partial charge is 0.393 e. The molecule has 0 aromatic carbocycles. The van der Waals surface area contributed by atoms with Crippen molar-refractivity contribution >= 4 is 18.2 Å². The molecule has 1 radical (unpaired) electrons. The Balaban J connectivity index is 1.91. The van der Waals surface area contributed by atoms with Gasteiger partial charge in [0.1, 0.15) is 18.9 Å². The van der Waals surface area contributed by atoms with E-state index in [-0.39, 0.29) is 0 Å². The fraction of sp³-hybridized carbons (Fsp3) is 0.833. The molecule has 0 saturated carbocycles. The van der Waals surface area contributed by atoms with Gasteiger partial charge in [0, 0.05) is 12.3 Å². The molecule has 1 atom stereocenters. The van der Waals surface area contributed by atoms with Gasteiger partial charge in [0.05, 0.1) is 0 Å². The van der Waals surface area contributed by atoms with Crippen molar-refractivity contribution in [1.29, 1.82) is 0 Å². The Labute approximate surface area is 64.5 Å². The van der Waals surface area contributed by atoms with Gasteiger partial charge in [-0.1, -0.05) is 17.1 Å². The summed E-state index contributed by atoms with van der Waals surface area (Å²) in [6.07, 6.45) is 4.19. The fourth-order valence-corrected chi connectivity index (χ4v) is 2.14. The van der Waals surface area contributed by atoms with Crippen LogP contribution in [0.3, 0.4) is 0 Å². The molecule has 55 valence electrons. The summed E-state index contributed by atoms with van der Waals surface area (Å²) < 4.78 is 2.29. The highest BCUT2D eigenvalue weighted by atomic mass is 32.2. The van der Waals surface area contributed by atoms with Crippen LogP contribution in [0.25, 0.3) is 0 Å². The first-order chi connectivity index (χ1) is 4.97.